The zero-order valence-corrected chi connectivity index (χ0v) is 8.51. The van der Waals surface area contributed by atoms with Crippen molar-refractivity contribution in [3.8, 4) is 0 Å². The maximum atomic E-state index is 5.85. The Kier molecular flexibility index (Phi) is 1.94. The first-order chi connectivity index (χ1) is 5.68. The molecule has 0 saturated carbocycles. The summed E-state index contributed by atoms with van der Waals surface area (Å²) < 4.78 is 1.83. The van der Waals surface area contributed by atoms with E-state index in [-0.39, 0.29) is 0 Å². The summed E-state index contributed by atoms with van der Waals surface area (Å²) in [5.74, 6) is 0. The van der Waals surface area contributed by atoms with Crippen LogP contribution in [0.5, 0.6) is 0 Å². The molecular formula is C8H6ClNS2. The van der Waals surface area contributed by atoms with Crippen LogP contribution in [-0.2, 0) is 0 Å². The van der Waals surface area contributed by atoms with Crippen molar-refractivity contribution >= 4 is 51.3 Å². The number of hydrogen-bond acceptors (Lipinski definition) is 3. The van der Waals surface area contributed by atoms with Crippen molar-refractivity contribution in [3.05, 3.63) is 22.5 Å². The number of fused-ring (bicyclic) bond motifs is 1. The summed E-state index contributed by atoms with van der Waals surface area (Å²) in [6.45, 7) is 0. The Labute approximate surface area is 84.6 Å². The van der Waals surface area contributed by atoms with E-state index >= 15 is 0 Å². The highest BCUT2D eigenvalue weighted by Crippen LogP contribution is 2.36. The summed E-state index contributed by atoms with van der Waals surface area (Å²) in [4.78, 5) is 0.824. The van der Waals surface area contributed by atoms with Crippen LogP contribution in [0.15, 0.2) is 23.1 Å². The van der Waals surface area contributed by atoms with E-state index in [1.54, 1.807) is 0 Å². The van der Waals surface area contributed by atoms with Gasteiger partial charge in [0.25, 0.3) is 0 Å². The van der Waals surface area contributed by atoms with Crippen LogP contribution in [0.3, 0.4) is 0 Å². The van der Waals surface area contributed by atoms with Gasteiger partial charge in [-0.25, -0.2) is 0 Å². The molecule has 1 aromatic carbocycles. The van der Waals surface area contributed by atoms with E-state index in [4.69, 9.17) is 17.3 Å². The number of hydrogen-bond donors (Lipinski definition) is 2. The summed E-state index contributed by atoms with van der Waals surface area (Å²) in [6, 6.07) is 5.71. The van der Waals surface area contributed by atoms with Crippen LogP contribution in [0.2, 0.25) is 4.34 Å². The van der Waals surface area contributed by atoms with Crippen molar-refractivity contribution in [2.24, 2.45) is 0 Å². The fraction of sp³-hybridized carbons (Fsp3) is 0. The highest BCUT2D eigenvalue weighted by atomic mass is 35.5. The van der Waals surface area contributed by atoms with Gasteiger partial charge in [0.2, 0.25) is 0 Å². The topological polar surface area (TPSA) is 26.0 Å². The van der Waals surface area contributed by atoms with Gasteiger partial charge in [-0.2, -0.15) is 0 Å². The largest absolute Gasteiger partial charge is 0.398 e. The quantitative estimate of drug-likeness (QED) is 0.511. The summed E-state index contributed by atoms with van der Waals surface area (Å²) in [7, 11) is 0. The summed E-state index contributed by atoms with van der Waals surface area (Å²) in [5.41, 5.74) is 6.38. The first kappa shape index (κ1) is 8.23. The zero-order valence-electron chi connectivity index (χ0n) is 6.04. The van der Waals surface area contributed by atoms with Crippen molar-refractivity contribution < 1.29 is 0 Å². The Balaban J connectivity index is 2.89. The summed E-state index contributed by atoms with van der Waals surface area (Å²) in [5, 5.41) is 1.10. The van der Waals surface area contributed by atoms with Gasteiger partial charge in [0.1, 0.15) is 0 Å². The molecule has 0 amide bonds. The Bertz CT molecular complexity index is 436. The first-order valence-corrected chi connectivity index (χ1v) is 4.99. The van der Waals surface area contributed by atoms with E-state index in [0.717, 1.165) is 19.3 Å². The van der Waals surface area contributed by atoms with Gasteiger partial charge in [-0.05, 0) is 17.5 Å². The minimum atomic E-state index is 0.698. The van der Waals surface area contributed by atoms with Gasteiger partial charge >= 0.3 is 0 Å². The molecule has 4 heteroatoms. The van der Waals surface area contributed by atoms with Crippen LogP contribution in [0, 0.1) is 0 Å². The monoisotopic (exact) mass is 215 g/mol. The molecule has 1 aromatic heterocycles. The molecule has 0 unspecified atom stereocenters. The predicted molar refractivity (Wildman–Crippen MR) is 58.5 cm³/mol. The third-order valence-corrected chi connectivity index (χ3v) is 3.59. The number of nitrogen functional groups attached to an aromatic ring is 1. The molecule has 0 aliphatic carbocycles. The molecule has 2 rings (SSSR count). The molecule has 0 atom stereocenters. The normalized spacial score (nSPS) is 10.8. The van der Waals surface area contributed by atoms with Crippen LogP contribution in [0.4, 0.5) is 5.69 Å². The molecule has 0 saturated heterocycles. The first-order valence-electron chi connectivity index (χ1n) is 3.35. The number of anilines is 1. The smallest absolute Gasteiger partial charge is 0.0941 e. The SMILES string of the molecule is Nc1ccc2cc(Cl)sc2c1S. The van der Waals surface area contributed by atoms with E-state index in [1.807, 2.05) is 18.2 Å². The molecule has 2 aromatic rings. The third kappa shape index (κ3) is 1.18. The maximum Gasteiger partial charge on any atom is 0.0941 e. The molecule has 1 heterocycles. The Morgan fingerprint density at radius 1 is 1.42 bits per heavy atom. The molecule has 0 fully saturated rings. The summed E-state index contributed by atoms with van der Waals surface area (Å²) in [6.07, 6.45) is 0. The van der Waals surface area contributed by atoms with E-state index in [0.29, 0.717) is 5.69 Å². The minimum Gasteiger partial charge on any atom is -0.398 e. The van der Waals surface area contributed by atoms with Crippen molar-refractivity contribution in [1.29, 1.82) is 0 Å². The van der Waals surface area contributed by atoms with Crippen LogP contribution < -0.4 is 5.73 Å². The van der Waals surface area contributed by atoms with Crippen LogP contribution in [-0.4, -0.2) is 0 Å². The number of nitrogens with two attached hydrogens (primary N) is 1. The molecule has 0 spiro atoms. The second kappa shape index (κ2) is 2.83. The van der Waals surface area contributed by atoms with Gasteiger partial charge in [0.15, 0.2) is 0 Å². The Morgan fingerprint density at radius 2 is 2.17 bits per heavy atom. The van der Waals surface area contributed by atoms with Gasteiger partial charge in [0.05, 0.1) is 9.04 Å². The van der Waals surface area contributed by atoms with Gasteiger partial charge in [-0.15, -0.1) is 24.0 Å². The van der Waals surface area contributed by atoms with Crippen molar-refractivity contribution in [3.63, 3.8) is 0 Å². The van der Waals surface area contributed by atoms with Crippen LogP contribution in [0.25, 0.3) is 10.1 Å². The van der Waals surface area contributed by atoms with Crippen molar-refractivity contribution in [2.75, 3.05) is 5.73 Å². The molecule has 0 aliphatic rings. The van der Waals surface area contributed by atoms with Gasteiger partial charge < -0.3 is 5.73 Å². The third-order valence-electron chi connectivity index (χ3n) is 1.66. The van der Waals surface area contributed by atoms with E-state index < -0.39 is 0 Å². The molecule has 0 aliphatic heterocycles. The number of benzene rings is 1. The average molecular weight is 216 g/mol. The molecule has 12 heavy (non-hydrogen) atoms. The van der Waals surface area contributed by atoms with Crippen molar-refractivity contribution in [2.45, 2.75) is 4.90 Å². The minimum absolute atomic E-state index is 0.698. The Hall–Kier alpha value is -0.380. The highest BCUT2D eigenvalue weighted by molar-refractivity contribution is 7.81. The van der Waals surface area contributed by atoms with Gasteiger partial charge in [-0.3, -0.25) is 0 Å². The lowest BCUT2D eigenvalue weighted by atomic mass is 10.2. The van der Waals surface area contributed by atoms with E-state index in [1.165, 1.54) is 11.3 Å². The zero-order chi connectivity index (χ0) is 8.72. The molecule has 0 bridgehead atoms. The molecule has 0 radical (unpaired) electrons. The number of thiol groups is 1. The number of halogens is 1. The second-order valence-corrected chi connectivity index (χ2v) is 4.60. The Morgan fingerprint density at radius 3 is 2.92 bits per heavy atom. The van der Waals surface area contributed by atoms with Crippen molar-refractivity contribution in [1.82, 2.24) is 0 Å². The lowest BCUT2D eigenvalue weighted by molar-refractivity contribution is 1.59. The summed E-state index contributed by atoms with van der Waals surface area (Å²) >= 11 is 11.7. The molecule has 2 N–H and O–H groups in total. The predicted octanol–water partition coefficient (Wildman–Crippen LogP) is 3.43. The van der Waals surface area contributed by atoms with Gasteiger partial charge in [-0.1, -0.05) is 17.7 Å². The highest BCUT2D eigenvalue weighted by Gasteiger charge is 2.04. The van der Waals surface area contributed by atoms with Crippen LogP contribution in [0.1, 0.15) is 0 Å². The van der Waals surface area contributed by atoms with E-state index in [9.17, 15) is 0 Å². The fourth-order valence-corrected chi connectivity index (χ4v) is 2.60. The number of rotatable bonds is 0. The maximum absolute atomic E-state index is 5.85. The van der Waals surface area contributed by atoms with Crippen LogP contribution >= 0.6 is 35.6 Å². The average Bonchev–Trinajstić information content (AvgIpc) is 2.39. The second-order valence-electron chi connectivity index (χ2n) is 2.47. The molecule has 62 valence electrons. The number of thiophene rings is 1. The fourth-order valence-electron chi connectivity index (χ4n) is 1.07. The lowest BCUT2D eigenvalue weighted by Gasteiger charge is -1.98. The molecular weight excluding hydrogens is 210 g/mol. The van der Waals surface area contributed by atoms with Gasteiger partial charge in [0, 0.05) is 10.6 Å². The lowest BCUT2D eigenvalue weighted by Crippen LogP contribution is -1.84. The van der Waals surface area contributed by atoms with E-state index in [2.05, 4.69) is 12.6 Å². The standard InChI is InChI=1S/C8H6ClNS2/c9-6-3-4-1-2-5(10)7(11)8(4)12-6/h1-3,11H,10H2. The molecule has 1 nitrogen and oxygen atoms in total.